The molecule has 0 spiro atoms. The third-order valence-electron chi connectivity index (χ3n) is 5.67. The Balaban J connectivity index is 1.42. The highest BCUT2D eigenvalue weighted by Crippen LogP contribution is 2.29. The van der Waals surface area contributed by atoms with Crippen molar-refractivity contribution >= 4 is 17.3 Å². The first-order valence-electron chi connectivity index (χ1n) is 10.1. The van der Waals surface area contributed by atoms with E-state index < -0.39 is 11.6 Å². The number of fused-ring (bicyclic) bond motifs is 1. The Kier molecular flexibility index (Phi) is 5.57. The highest BCUT2D eigenvalue weighted by molar-refractivity contribution is 5.93. The Morgan fingerprint density at radius 1 is 1.07 bits per heavy atom. The molecule has 1 N–H and O–H groups in total. The van der Waals surface area contributed by atoms with Crippen LogP contribution in [0, 0.1) is 25.5 Å². The van der Waals surface area contributed by atoms with Crippen LogP contribution in [0.3, 0.4) is 0 Å². The third-order valence-corrected chi connectivity index (χ3v) is 5.67. The van der Waals surface area contributed by atoms with Crippen molar-refractivity contribution in [3.63, 3.8) is 0 Å². The summed E-state index contributed by atoms with van der Waals surface area (Å²) in [6, 6.07) is 11.9. The zero-order valence-corrected chi connectivity index (χ0v) is 17.2. The number of amides is 1. The monoisotopic (exact) mass is 409 g/mol. The van der Waals surface area contributed by atoms with Crippen LogP contribution in [-0.2, 0) is 24.3 Å². The van der Waals surface area contributed by atoms with Crippen molar-refractivity contribution in [3.05, 3.63) is 82.7 Å². The van der Waals surface area contributed by atoms with Gasteiger partial charge in [-0.05, 0) is 67.3 Å². The van der Waals surface area contributed by atoms with Crippen LogP contribution in [0.4, 0.5) is 20.2 Å². The van der Waals surface area contributed by atoms with Crippen molar-refractivity contribution in [3.8, 4) is 0 Å². The van der Waals surface area contributed by atoms with Crippen molar-refractivity contribution in [1.82, 2.24) is 4.57 Å². The lowest BCUT2D eigenvalue weighted by Crippen LogP contribution is -2.33. The number of carbonyl (C=O) groups is 1. The second-order valence-electron chi connectivity index (χ2n) is 7.85. The molecular formula is C24H25F2N3O. The zero-order chi connectivity index (χ0) is 21.3. The fourth-order valence-electron chi connectivity index (χ4n) is 4.03. The summed E-state index contributed by atoms with van der Waals surface area (Å²) in [7, 11) is 0. The number of aryl methyl sites for hydroxylation is 3. The lowest BCUT2D eigenvalue weighted by molar-refractivity contribution is -0.116. The van der Waals surface area contributed by atoms with Crippen molar-refractivity contribution in [2.24, 2.45) is 0 Å². The normalized spacial score (nSPS) is 13.3. The maximum Gasteiger partial charge on any atom is 0.224 e. The van der Waals surface area contributed by atoms with Gasteiger partial charge in [-0.2, -0.15) is 0 Å². The van der Waals surface area contributed by atoms with E-state index in [4.69, 9.17) is 0 Å². The van der Waals surface area contributed by atoms with E-state index >= 15 is 0 Å². The van der Waals surface area contributed by atoms with Gasteiger partial charge in [-0.25, -0.2) is 8.78 Å². The summed E-state index contributed by atoms with van der Waals surface area (Å²) in [6.45, 7) is 6.73. The predicted molar refractivity (Wildman–Crippen MR) is 115 cm³/mol. The summed E-state index contributed by atoms with van der Waals surface area (Å²) >= 11 is 0. The predicted octanol–water partition coefficient (Wildman–Crippen LogP) is 4.97. The van der Waals surface area contributed by atoms with Gasteiger partial charge in [-0.3, -0.25) is 4.79 Å². The first kappa shape index (κ1) is 20.1. The molecule has 0 bridgehead atoms. The average Bonchev–Trinajstić information content (AvgIpc) is 3.17. The van der Waals surface area contributed by atoms with Gasteiger partial charge in [0.1, 0.15) is 11.6 Å². The fraction of sp³-hybridized carbons (Fsp3) is 0.292. The van der Waals surface area contributed by atoms with Crippen LogP contribution in [0.25, 0.3) is 0 Å². The maximum atomic E-state index is 13.8. The summed E-state index contributed by atoms with van der Waals surface area (Å²) < 4.78 is 29.1. The quantitative estimate of drug-likeness (QED) is 0.646. The molecule has 0 radical (unpaired) electrons. The standard InChI is InChI=1S/C24H25F2N3O/c1-16-12-21(29-11-10-28-9-3-4-20(28)15-29)13-17(2)24(16)27-23(30)8-6-18-5-7-19(25)14-22(18)26/h3-5,7,9,12-14H,6,8,10-11,15H2,1-2H3,(H,27,30). The lowest BCUT2D eigenvalue weighted by Gasteiger charge is -2.31. The van der Waals surface area contributed by atoms with Crippen molar-refractivity contribution in [2.75, 3.05) is 16.8 Å². The molecule has 0 aliphatic carbocycles. The second kappa shape index (κ2) is 8.30. The molecule has 1 aromatic heterocycles. The van der Waals surface area contributed by atoms with Crippen LogP contribution >= 0.6 is 0 Å². The van der Waals surface area contributed by atoms with Gasteiger partial charge in [0.25, 0.3) is 0 Å². The minimum absolute atomic E-state index is 0.131. The van der Waals surface area contributed by atoms with Crippen LogP contribution in [-0.4, -0.2) is 17.0 Å². The maximum absolute atomic E-state index is 13.8. The van der Waals surface area contributed by atoms with Gasteiger partial charge in [0.2, 0.25) is 5.91 Å². The van der Waals surface area contributed by atoms with E-state index in [-0.39, 0.29) is 18.7 Å². The number of rotatable bonds is 5. The topological polar surface area (TPSA) is 37.3 Å². The van der Waals surface area contributed by atoms with Crippen LogP contribution in [0.5, 0.6) is 0 Å². The van der Waals surface area contributed by atoms with Gasteiger partial charge in [-0.1, -0.05) is 6.07 Å². The SMILES string of the molecule is Cc1cc(N2CCn3cccc3C2)cc(C)c1NC(=O)CCc1ccc(F)cc1F. The number of hydrogen-bond donors (Lipinski definition) is 1. The van der Waals surface area contributed by atoms with E-state index in [9.17, 15) is 13.6 Å². The Morgan fingerprint density at radius 3 is 2.57 bits per heavy atom. The number of halogens is 2. The molecule has 4 rings (SSSR count). The van der Waals surface area contributed by atoms with Gasteiger partial charge in [-0.15, -0.1) is 0 Å². The smallest absolute Gasteiger partial charge is 0.224 e. The van der Waals surface area contributed by atoms with Gasteiger partial charge >= 0.3 is 0 Å². The summed E-state index contributed by atoms with van der Waals surface area (Å²) in [5.74, 6) is -1.42. The highest BCUT2D eigenvalue weighted by Gasteiger charge is 2.18. The van der Waals surface area contributed by atoms with Gasteiger partial charge in [0, 0.05) is 48.8 Å². The number of nitrogens with one attached hydrogen (secondary N) is 1. The van der Waals surface area contributed by atoms with E-state index in [1.54, 1.807) is 0 Å². The third kappa shape index (κ3) is 4.22. The fourth-order valence-corrected chi connectivity index (χ4v) is 4.03. The Morgan fingerprint density at radius 2 is 1.83 bits per heavy atom. The molecule has 1 aliphatic heterocycles. The van der Waals surface area contributed by atoms with Gasteiger partial charge < -0.3 is 14.8 Å². The average molecular weight is 409 g/mol. The van der Waals surface area contributed by atoms with Crippen LogP contribution in [0.1, 0.15) is 28.8 Å². The molecule has 2 aromatic carbocycles. The van der Waals surface area contributed by atoms with E-state index in [2.05, 4.69) is 45.2 Å². The number of anilines is 2. The minimum Gasteiger partial charge on any atom is -0.364 e. The molecule has 6 heteroatoms. The number of carbonyl (C=O) groups excluding carboxylic acids is 1. The van der Waals surface area contributed by atoms with Crippen molar-refractivity contribution < 1.29 is 13.6 Å². The van der Waals surface area contributed by atoms with E-state index in [0.29, 0.717) is 5.56 Å². The molecule has 30 heavy (non-hydrogen) atoms. The first-order valence-corrected chi connectivity index (χ1v) is 10.1. The number of benzene rings is 2. The van der Waals surface area contributed by atoms with E-state index in [1.807, 2.05) is 13.8 Å². The van der Waals surface area contributed by atoms with Crippen LogP contribution in [0.15, 0.2) is 48.7 Å². The molecule has 1 amide bonds. The minimum atomic E-state index is -0.618. The summed E-state index contributed by atoms with van der Waals surface area (Å²) in [4.78, 5) is 14.8. The molecule has 0 saturated heterocycles. The molecule has 156 valence electrons. The Bertz CT molecular complexity index is 1070. The Hall–Kier alpha value is -3.15. The van der Waals surface area contributed by atoms with E-state index in [1.165, 1.54) is 17.8 Å². The number of nitrogens with zero attached hydrogens (tertiary/aromatic N) is 2. The summed E-state index contributed by atoms with van der Waals surface area (Å²) in [5, 5.41) is 2.96. The highest BCUT2D eigenvalue weighted by atomic mass is 19.1. The Labute approximate surface area is 175 Å². The molecule has 1 aliphatic rings. The lowest BCUT2D eigenvalue weighted by atomic mass is 10.1. The molecule has 0 saturated carbocycles. The number of aromatic nitrogens is 1. The van der Waals surface area contributed by atoms with Gasteiger partial charge in [0.05, 0.1) is 6.54 Å². The molecular weight excluding hydrogens is 384 g/mol. The van der Waals surface area contributed by atoms with Crippen molar-refractivity contribution in [2.45, 2.75) is 39.8 Å². The largest absolute Gasteiger partial charge is 0.364 e. The number of hydrogen-bond acceptors (Lipinski definition) is 2. The summed E-state index contributed by atoms with van der Waals surface area (Å²) in [6.07, 6.45) is 2.47. The second-order valence-corrected chi connectivity index (χ2v) is 7.85. The zero-order valence-electron chi connectivity index (χ0n) is 17.2. The van der Waals surface area contributed by atoms with Gasteiger partial charge in [0.15, 0.2) is 0 Å². The summed E-state index contributed by atoms with van der Waals surface area (Å²) in [5.41, 5.74) is 5.55. The molecule has 3 aromatic rings. The molecule has 0 atom stereocenters. The molecule has 0 fully saturated rings. The van der Waals surface area contributed by atoms with Crippen LogP contribution in [0.2, 0.25) is 0 Å². The van der Waals surface area contributed by atoms with Crippen molar-refractivity contribution in [1.29, 1.82) is 0 Å². The molecule has 4 nitrogen and oxygen atoms in total. The van der Waals surface area contributed by atoms with E-state index in [0.717, 1.165) is 48.2 Å². The molecule has 0 unspecified atom stereocenters. The first-order chi connectivity index (χ1) is 14.4. The van der Waals surface area contributed by atoms with Crippen LogP contribution < -0.4 is 10.2 Å². The molecule has 2 heterocycles.